The Morgan fingerprint density at radius 2 is 2.28 bits per heavy atom. The molecule has 2 atom stereocenters. The van der Waals surface area contributed by atoms with E-state index in [4.69, 9.17) is 0 Å². The third-order valence-electron chi connectivity index (χ3n) is 3.33. The zero-order chi connectivity index (χ0) is 13.1. The minimum absolute atomic E-state index is 0.0708. The lowest BCUT2D eigenvalue weighted by Crippen LogP contribution is -2.56. The van der Waals surface area contributed by atoms with Gasteiger partial charge in [-0.15, -0.1) is 0 Å². The summed E-state index contributed by atoms with van der Waals surface area (Å²) < 4.78 is 13.1. The molecule has 2 unspecified atom stereocenters. The van der Waals surface area contributed by atoms with Gasteiger partial charge in [-0.3, -0.25) is 4.79 Å². The van der Waals surface area contributed by atoms with Crippen LogP contribution in [0.1, 0.15) is 19.4 Å². The van der Waals surface area contributed by atoms with Crippen LogP contribution in [0.5, 0.6) is 0 Å². The summed E-state index contributed by atoms with van der Waals surface area (Å²) in [6.07, 6.45) is 0.273. The van der Waals surface area contributed by atoms with E-state index < -0.39 is 0 Å². The highest BCUT2D eigenvalue weighted by Gasteiger charge is 2.26. The van der Waals surface area contributed by atoms with Gasteiger partial charge in [0.25, 0.3) is 0 Å². The first-order valence-electron chi connectivity index (χ1n) is 6.33. The molecule has 0 spiro atoms. The van der Waals surface area contributed by atoms with E-state index in [2.05, 4.69) is 12.2 Å². The molecule has 4 heteroatoms. The van der Waals surface area contributed by atoms with E-state index in [-0.39, 0.29) is 24.2 Å². The minimum Gasteiger partial charge on any atom is -0.337 e. The second kappa shape index (κ2) is 5.48. The van der Waals surface area contributed by atoms with Crippen molar-refractivity contribution in [1.82, 2.24) is 10.2 Å². The molecule has 0 radical (unpaired) electrons. The largest absolute Gasteiger partial charge is 0.337 e. The number of nitrogens with one attached hydrogen (secondary N) is 1. The molecule has 98 valence electrons. The number of carbonyl (C=O) groups is 1. The van der Waals surface area contributed by atoms with Gasteiger partial charge in [0.05, 0.1) is 6.42 Å². The van der Waals surface area contributed by atoms with Crippen molar-refractivity contribution in [2.75, 3.05) is 13.1 Å². The predicted molar refractivity (Wildman–Crippen MR) is 68.7 cm³/mol. The zero-order valence-electron chi connectivity index (χ0n) is 10.8. The van der Waals surface area contributed by atoms with Gasteiger partial charge in [-0.1, -0.05) is 12.1 Å². The Morgan fingerprint density at radius 1 is 1.50 bits per heavy atom. The Hall–Kier alpha value is -1.42. The average molecular weight is 250 g/mol. The smallest absolute Gasteiger partial charge is 0.227 e. The lowest BCUT2D eigenvalue weighted by atomic mass is 10.1. The van der Waals surface area contributed by atoms with Crippen molar-refractivity contribution < 1.29 is 9.18 Å². The molecule has 0 aromatic heterocycles. The Morgan fingerprint density at radius 3 is 3.00 bits per heavy atom. The lowest BCUT2D eigenvalue weighted by Gasteiger charge is -2.37. The van der Waals surface area contributed by atoms with Gasteiger partial charge in [0.15, 0.2) is 0 Å². The molecule has 1 aromatic carbocycles. The maximum Gasteiger partial charge on any atom is 0.227 e. The molecule has 1 saturated heterocycles. The van der Waals surface area contributed by atoms with Crippen LogP contribution in [0, 0.1) is 5.82 Å². The first kappa shape index (κ1) is 13.0. The number of piperazine rings is 1. The van der Waals surface area contributed by atoms with Crippen LogP contribution >= 0.6 is 0 Å². The van der Waals surface area contributed by atoms with E-state index in [1.807, 2.05) is 11.8 Å². The van der Waals surface area contributed by atoms with Gasteiger partial charge >= 0.3 is 0 Å². The standard InChI is InChI=1S/C14H19FN2O/c1-10-9-17(11(2)8-16-10)14(18)7-12-4-3-5-13(15)6-12/h3-6,10-11,16H,7-9H2,1-2H3. The van der Waals surface area contributed by atoms with Crippen molar-refractivity contribution in [1.29, 1.82) is 0 Å². The number of hydrogen-bond acceptors (Lipinski definition) is 2. The molecule has 1 heterocycles. The summed E-state index contributed by atoms with van der Waals surface area (Å²) in [4.78, 5) is 14.1. The molecule has 1 aliphatic heterocycles. The number of nitrogens with zero attached hydrogens (tertiary/aromatic N) is 1. The molecular formula is C14H19FN2O. The van der Waals surface area contributed by atoms with E-state index in [0.717, 1.165) is 18.7 Å². The summed E-state index contributed by atoms with van der Waals surface area (Å²) in [5.41, 5.74) is 0.735. The zero-order valence-corrected chi connectivity index (χ0v) is 10.8. The lowest BCUT2D eigenvalue weighted by molar-refractivity contribution is -0.133. The van der Waals surface area contributed by atoms with E-state index in [9.17, 15) is 9.18 Å². The van der Waals surface area contributed by atoms with Crippen molar-refractivity contribution in [3.63, 3.8) is 0 Å². The van der Waals surface area contributed by atoms with Gasteiger partial charge in [-0.2, -0.15) is 0 Å². The highest BCUT2D eigenvalue weighted by atomic mass is 19.1. The molecule has 18 heavy (non-hydrogen) atoms. The highest BCUT2D eigenvalue weighted by molar-refractivity contribution is 5.79. The fourth-order valence-electron chi connectivity index (χ4n) is 2.29. The summed E-state index contributed by atoms with van der Waals surface area (Å²) >= 11 is 0. The van der Waals surface area contributed by atoms with Gasteiger partial charge in [0, 0.05) is 25.2 Å². The van der Waals surface area contributed by atoms with Crippen LogP contribution in [0.2, 0.25) is 0 Å². The molecule has 0 bridgehead atoms. The Kier molecular flexibility index (Phi) is 3.97. The first-order chi connectivity index (χ1) is 8.56. The highest BCUT2D eigenvalue weighted by Crippen LogP contribution is 2.11. The quantitative estimate of drug-likeness (QED) is 0.864. The SMILES string of the molecule is CC1CN(C(=O)Cc2cccc(F)c2)C(C)CN1. The number of halogens is 1. The van der Waals surface area contributed by atoms with Crippen molar-refractivity contribution in [2.45, 2.75) is 32.4 Å². The van der Waals surface area contributed by atoms with Crippen LogP contribution in [-0.4, -0.2) is 36.0 Å². The molecule has 1 N–H and O–H groups in total. The second-order valence-corrected chi connectivity index (χ2v) is 5.01. The van der Waals surface area contributed by atoms with Gasteiger partial charge in [0.1, 0.15) is 5.82 Å². The maximum atomic E-state index is 13.1. The van der Waals surface area contributed by atoms with Crippen LogP contribution in [-0.2, 0) is 11.2 Å². The average Bonchev–Trinajstić information content (AvgIpc) is 2.32. The third kappa shape index (κ3) is 3.07. The van der Waals surface area contributed by atoms with Gasteiger partial charge in [-0.05, 0) is 31.5 Å². The molecule has 1 amide bonds. The Labute approximate surface area is 107 Å². The summed E-state index contributed by atoms with van der Waals surface area (Å²) in [7, 11) is 0. The fourth-order valence-corrected chi connectivity index (χ4v) is 2.29. The van der Waals surface area contributed by atoms with Crippen molar-refractivity contribution >= 4 is 5.91 Å². The molecule has 1 aromatic rings. The van der Waals surface area contributed by atoms with E-state index in [1.165, 1.54) is 12.1 Å². The summed E-state index contributed by atoms with van der Waals surface area (Å²) in [6.45, 7) is 5.63. The van der Waals surface area contributed by atoms with Crippen molar-refractivity contribution in [2.24, 2.45) is 0 Å². The van der Waals surface area contributed by atoms with Crippen LogP contribution in [0.4, 0.5) is 4.39 Å². The maximum absolute atomic E-state index is 13.1. The topological polar surface area (TPSA) is 32.3 Å². The number of amides is 1. The van der Waals surface area contributed by atoms with Gasteiger partial charge in [0.2, 0.25) is 5.91 Å². The van der Waals surface area contributed by atoms with E-state index >= 15 is 0 Å². The van der Waals surface area contributed by atoms with Gasteiger partial charge in [-0.25, -0.2) is 4.39 Å². The molecule has 0 saturated carbocycles. The van der Waals surface area contributed by atoms with Crippen LogP contribution in [0.15, 0.2) is 24.3 Å². The van der Waals surface area contributed by atoms with Crippen molar-refractivity contribution in [3.05, 3.63) is 35.6 Å². The van der Waals surface area contributed by atoms with Crippen LogP contribution < -0.4 is 5.32 Å². The molecule has 2 rings (SSSR count). The van der Waals surface area contributed by atoms with E-state index in [0.29, 0.717) is 6.04 Å². The van der Waals surface area contributed by atoms with Crippen LogP contribution in [0.3, 0.4) is 0 Å². The Balaban J connectivity index is 2.02. The summed E-state index contributed by atoms with van der Waals surface area (Å²) in [6, 6.07) is 6.76. The summed E-state index contributed by atoms with van der Waals surface area (Å²) in [5.74, 6) is -0.219. The first-order valence-corrected chi connectivity index (χ1v) is 6.33. The van der Waals surface area contributed by atoms with Crippen molar-refractivity contribution in [3.8, 4) is 0 Å². The number of hydrogen-bond donors (Lipinski definition) is 1. The molecule has 0 aliphatic carbocycles. The predicted octanol–water partition coefficient (Wildman–Crippen LogP) is 1.58. The molecular weight excluding hydrogens is 231 g/mol. The summed E-state index contributed by atoms with van der Waals surface area (Å²) in [5, 5.41) is 3.34. The molecule has 1 fully saturated rings. The second-order valence-electron chi connectivity index (χ2n) is 5.01. The normalized spacial score (nSPS) is 24.1. The molecule has 1 aliphatic rings. The monoisotopic (exact) mass is 250 g/mol. The number of benzene rings is 1. The van der Waals surface area contributed by atoms with Gasteiger partial charge < -0.3 is 10.2 Å². The fraction of sp³-hybridized carbons (Fsp3) is 0.500. The van der Waals surface area contributed by atoms with E-state index in [1.54, 1.807) is 12.1 Å². The minimum atomic E-state index is -0.290. The number of carbonyl (C=O) groups excluding carboxylic acids is 1. The molecule has 3 nitrogen and oxygen atoms in total. The third-order valence-corrected chi connectivity index (χ3v) is 3.33. The number of rotatable bonds is 2. The Bertz CT molecular complexity index is 436. The van der Waals surface area contributed by atoms with Crippen LogP contribution in [0.25, 0.3) is 0 Å².